The Morgan fingerprint density at radius 2 is 1.20 bits per heavy atom. The van der Waals surface area contributed by atoms with E-state index in [0.717, 1.165) is 56.7 Å². The van der Waals surface area contributed by atoms with E-state index in [-0.39, 0.29) is 6.04 Å². The molecule has 0 saturated heterocycles. The maximum Gasteiger partial charge on any atom is 0.0899 e. The van der Waals surface area contributed by atoms with E-state index in [1.807, 2.05) is 49.2 Å². The fraction of sp³-hybridized carbons (Fsp3) is 0.0455. The topological polar surface area (TPSA) is 61.4 Å². The summed E-state index contributed by atoms with van der Waals surface area (Å²) in [5, 5.41) is 4.76. The van der Waals surface area contributed by atoms with Crippen molar-refractivity contribution in [3.63, 3.8) is 0 Å². The van der Waals surface area contributed by atoms with Crippen LogP contribution in [0.2, 0.25) is 0 Å². The standard InChI is InChI=1S/C44H30N6/c1-3-10-41-34(7-1)36-27-45-23-20-43(36)49(41)32-16-12-29(13-17-32)31-25-39(48-40(26-31)38-9-5-6-22-47-38)30-14-18-33(19-15-30)50-42-11-4-2-8-35(42)37-28-46-24-21-44(37)50/h1-16,18-28,32H,17H2. The van der Waals surface area contributed by atoms with Gasteiger partial charge in [-0.15, -0.1) is 0 Å². The van der Waals surface area contributed by atoms with Crippen LogP contribution in [0, 0.1) is 0 Å². The van der Waals surface area contributed by atoms with Crippen molar-refractivity contribution < 1.29 is 0 Å². The van der Waals surface area contributed by atoms with Crippen LogP contribution < -0.4 is 0 Å². The first kappa shape index (κ1) is 28.4. The second kappa shape index (κ2) is 11.5. The second-order valence-electron chi connectivity index (χ2n) is 12.7. The van der Waals surface area contributed by atoms with E-state index in [1.54, 1.807) is 0 Å². The van der Waals surface area contributed by atoms with E-state index in [0.29, 0.717) is 0 Å². The van der Waals surface area contributed by atoms with Crippen LogP contribution in [0.3, 0.4) is 0 Å². The lowest BCUT2D eigenvalue weighted by Gasteiger charge is -2.21. The van der Waals surface area contributed by atoms with Crippen LogP contribution in [0.4, 0.5) is 0 Å². The van der Waals surface area contributed by atoms with Gasteiger partial charge in [-0.3, -0.25) is 15.0 Å². The largest absolute Gasteiger partial charge is 0.333 e. The first-order chi connectivity index (χ1) is 24.8. The summed E-state index contributed by atoms with van der Waals surface area (Å²) >= 11 is 0. The summed E-state index contributed by atoms with van der Waals surface area (Å²) in [4.78, 5) is 18.6. The lowest BCUT2D eigenvalue weighted by molar-refractivity contribution is 0.649. The highest BCUT2D eigenvalue weighted by molar-refractivity contribution is 6.09. The number of benzene rings is 3. The maximum absolute atomic E-state index is 5.15. The number of pyridine rings is 4. The summed E-state index contributed by atoms with van der Waals surface area (Å²) in [5.41, 5.74) is 11.8. The predicted molar refractivity (Wildman–Crippen MR) is 203 cm³/mol. The molecule has 0 bridgehead atoms. The van der Waals surface area contributed by atoms with E-state index < -0.39 is 0 Å². The lowest BCUT2D eigenvalue weighted by Crippen LogP contribution is -2.08. The summed E-state index contributed by atoms with van der Waals surface area (Å²) < 4.78 is 4.75. The molecule has 0 fully saturated rings. The summed E-state index contributed by atoms with van der Waals surface area (Å²) in [6.45, 7) is 0. The Kier molecular flexibility index (Phi) is 6.52. The molecule has 0 radical (unpaired) electrons. The van der Waals surface area contributed by atoms with E-state index in [1.165, 1.54) is 32.8 Å². The van der Waals surface area contributed by atoms with Gasteiger partial charge in [-0.05, 0) is 78.2 Å². The molecule has 1 aliphatic rings. The van der Waals surface area contributed by atoms with E-state index in [9.17, 15) is 0 Å². The van der Waals surface area contributed by atoms with Crippen molar-refractivity contribution in [1.82, 2.24) is 29.1 Å². The molecule has 0 spiro atoms. The fourth-order valence-corrected chi connectivity index (χ4v) is 7.58. The molecule has 0 amide bonds. The van der Waals surface area contributed by atoms with Gasteiger partial charge in [-0.1, -0.05) is 72.8 Å². The molecule has 6 nitrogen and oxygen atoms in total. The molecule has 1 atom stereocenters. The quantitative estimate of drug-likeness (QED) is 0.187. The third-order valence-corrected chi connectivity index (χ3v) is 9.90. The molecular weight excluding hydrogens is 613 g/mol. The van der Waals surface area contributed by atoms with Crippen LogP contribution in [-0.4, -0.2) is 29.1 Å². The van der Waals surface area contributed by atoms with Crippen LogP contribution in [-0.2, 0) is 0 Å². The summed E-state index contributed by atoms with van der Waals surface area (Å²) in [6, 6.07) is 40.6. The molecule has 1 unspecified atom stereocenters. The highest BCUT2D eigenvalue weighted by Gasteiger charge is 2.19. The molecule has 0 N–H and O–H groups in total. The van der Waals surface area contributed by atoms with E-state index in [2.05, 4.69) is 139 Å². The molecule has 3 aromatic carbocycles. The van der Waals surface area contributed by atoms with Gasteiger partial charge in [-0.2, -0.15) is 0 Å². The van der Waals surface area contributed by atoms with Gasteiger partial charge in [0.15, 0.2) is 0 Å². The van der Waals surface area contributed by atoms with Crippen molar-refractivity contribution in [3.05, 3.63) is 170 Å². The van der Waals surface area contributed by atoms with Crippen molar-refractivity contribution in [2.75, 3.05) is 0 Å². The minimum atomic E-state index is 0.198. The smallest absolute Gasteiger partial charge is 0.0899 e. The third-order valence-electron chi connectivity index (χ3n) is 9.90. The van der Waals surface area contributed by atoms with Gasteiger partial charge in [0.1, 0.15) is 0 Å². The SMILES string of the molecule is C1=CC(n2c3ccccc3c3cnccc32)CC=C1c1cc(-c2ccc(-n3c4ccccc4c4cnccc43)cc2)nc(-c2ccccn2)c1. The summed E-state index contributed by atoms with van der Waals surface area (Å²) in [5.74, 6) is 0. The molecule has 9 aromatic rings. The van der Waals surface area contributed by atoms with Crippen molar-refractivity contribution in [2.24, 2.45) is 0 Å². The monoisotopic (exact) mass is 642 g/mol. The molecule has 6 heterocycles. The molecule has 50 heavy (non-hydrogen) atoms. The third kappa shape index (κ3) is 4.57. The predicted octanol–water partition coefficient (Wildman–Crippen LogP) is 10.4. The van der Waals surface area contributed by atoms with Gasteiger partial charge in [-0.25, -0.2) is 4.98 Å². The van der Waals surface area contributed by atoms with Gasteiger partial charge < -0.3 is 9.13 Å². The maximum atomic E-state index is 5.15. The number of nitrogens with zero attached hydrogens (tertiary/aromatic N) is 6. The van der Waals surface area contributed by atoms with Crippen LogP contribution in [0.25, 0.3) is 77.5 Å². The Morgan fingerprint density at radius 3 is 1.96 bits per heavy atom. The Hall–Kier alpha value is -6.66. The fourth-order valence-electron chi connectivity index (χ4n) is 7.58. The second-order valence-corrected chi connectivity index (χ2v) is 12.7. The van der Waals surface area contributed by atoms with Gasteiger partial charge in [0, 0.05) is 69.3 Å². The van der Waals surface area contributed by atoms with Crippen LogP contribution in [0.1, 0.15) is 18.0 Å². The number of hydrogen-bond donors (Lipinski definition) is 0. The Bertz CT molecular complexity index is 2680. The zero-order valence-electron chi connectivity index (χ0n) is 27.1. The Balaban J connectivity index is 1.04. The molecule has 0 saturated carbocycles. The summed E-state index contributed by atoms with van der Waals surface area (Å²) in [6.07, 6.45) is 17.3. The van der Waals surface area contributed by atoms with E-state index >= 15 is 0 Å². The Labute approximate surface area is 288 Å². The minimum absolute atomic E-state index is 0.198. The molecule has 6 heteroatoms. The highest BCUT2D eigenvalue weighted by atomic mass is 15.0. The van der Waals surface area contributed by atoms with Gasteiger partial charge in [0.25, 0.3) is 0 Å². The number of hydrogen-bond acceptors (Lipinski definition) is 4. The van der Waals surface area contributed by atoms with Crippen molar-refractivity contribution in [1.29, 1.82) is 0 Å². The first-order valence-corrected chi connectivity index (χ1v) is 16.9. The first-order valence-electron chi connectivity index (χ1n) is 16.9. The number of rotatable bonds is 5. The molecule has 10 rings (SSSR count). The van der Waals surface area contributed by atoms with E-state index in [4.69, 9.17) is 4.98 Å². The van der Waals surface area contributed by atoms with Gasteiger partial charge in [0.2, 0.25) is 0 Å². The van der Waals surface area contributed by atoms with Gasteiger partial charge >= 0.3 is 0 Å². The number of para-hydroxylation sites is 2. The number of allylic oxidation sites excluding steroid dienone is 4. The van der Waals surface area contributed by atoms with Crippen LogP contribution in [0.15, 0.2) is 164 Å². The molecule has 1 aliphatic carbocycles. The van der Waals surface area contributed by atoms with Crippen LogP contribution >= 0.6 is 0 Å². The average Bonchev–Trinajstić information content (AvgIpc) is 3.71. The molecule has 0 aliphatic heterocycles. The zero-order valence-corrected chi connectivity index (χ0v) is 27.1. The number of fused-ring (bicyclic) bond motifs is 6. The molecule has 6 aromatic heterocycles. The number of aromatic nitrogens is 6. The zero-order chi connectivity index (χ0) is 33.0. The van der Waals surface area contributed by atoms with Crippen molar-refractivity contribution in [2.45, 2.75) is 12.5 Å². The van der Waals surface area contributed by atoms with Gasteiger partial charge in [0.05, 0.1) is 39.7 Å². The minimum Gasteiger partial charge on any atom is -0.333 e. The van der Waals surface area contributed by atoms with Crippen LogP contribution in [0.5, 0.6) is 0 Å². The van der Waals surface area contributed by atoms with Crippen molar-refractivity contribution in [3.8, 4) is 28.3 Å². The highest BCUT2D eigenvalue weighted by Crippen LogP contribution is 2.37. The summed E-state index contributed by atoms with van der Waals surface area (Å²) in [7, 11) is 0. The normalized spacial score (nSPS) is 14.6. The van der Waals surface area contributed by atoms with Crippen molar-refractivity contribution >= 4 is 49.2 Å². The Morgan fingerprint density at radius 1 is 0.540 bits per heavy atom. The average molecular weight is 643 g/mol. The molecule has 236 valence electrons. The molecular formula is C44H30N6. The lowest BCUT2D eigenvalue weighted by atomic mass is 9.95.